The molecule has 1 heterocycles. The van der Waals surface area contributed by atoms with Crippen molar-refractivity contribution in [1.82, 2.24) is 0 Å². The number of aliphatic imine (C=N–C) groups is 1. The van der Waals surface area contributed by atoms with E-state index in [1.54, 1.807) is 0 Å². The van der Waals surface area contributed by atoms with Gasteiger partial charge in [-0.1, -0.05) is 109 Å². The number of hydrogen-bond donors (Lipinski definition) is 0. The fraction of sp³-hybridized carbons (Fsp3) is 0.0645. The Hall–Kier alpha value is -4.17. The molecule has 0 aromatic heterocycles. The molecule has 0 atom stereocenters. The van der Waals surface area contributed by atoms with Gasteiger partial charge in [-0.05, 0) is 35.8 Å². The van der Waals surface area contributed by atoms with Crippen LogP contribution in [0, 0.1) is 0 Å². The first-order chi connectivity index (χ1) is 16.3. The van der Waals surface area contributed by atoms with Crippen LogP contribution in [-0.2, 0) is 6.54 Å². The summed E-state index contributed by atoms with van der Waals surface area (Å²) in [6.45, 7) is 2.76. The summed E-state index contributed by atoms with van der Waals surface area (Å²) in [4.78, 5) is 5.04. The van der Waals surface area contributed by atoms with Gasteiger partial charge in [-0.25, -0.2) is 0 Å². The molecule has 160 valence electrons. The van der Waals surface area contributed by atoms with Gasteiger partial charge in [-0.15, -0.1) is 0 Å². The normalized spacial score (nSPS) is 14.7. The molecule has 0 aliphatic carbocycles. The number of fused-ring (bicyclic) bond motifs is 1. The minimum atomic E-state index is 0.626. The van der Waals surface area contributed by atoms with Crippen molar-refractivity contribution in [2.24, 2.45) is 4.99 Å². The molecule has 0 unspecified atom stereocenters. The van der Waals surface area contributed by atoms with Crippen molar-refractivity contribution in [1.29, 1.82) is 0 Å². The van der Waals surface area contributed by atoms with Crippen molar-refractivity contribution < 1.29 is 4.74 Å². The van der Waals surface area contributed by atoms with E-state index in [0.29, 0.717) is 6.54 Å². The Labute approximate surface area is 195 Å². The van der Waals surface area contributed by atoms with Crippen LogP contribution in [0.2, 0.25) is 0 Å². The molecule has 0 fully saturated rings. The lowest BCUT2D eigenvalue weighted by Gasteiger charge is -2.25. The molecule has 4 aromatic carbocycles. The first kappa shape index (κ1) is 20.7. The molecule has 0 bridgehead atoms. The second-order valence-electron chi connectivity index (χ2n) is 8.03. The third-order valence-electron chi connectivity index (χ3n) is 5.80. The zero-order valence-corrected chi connectivity index (χ0v) is 18.6. The van der Waals surface area contributed by atoms with Crippen molar-refractivity contribution in [2.45, 2.75) is 13.5 Å². The lowest BCUT2D eigenvalue weighted by atomic mass is 9.91. The van der Waals surface area contributed by atoms with Gasteiger partial charge in [0, 0.05) is 16.7 Å². The van der Waals surface area contributed by atoms with Crippen LogP contribution in [0.1, 0.15) is 29.2 Å². The quantitative estimate of drug-likeness (QED) is 0.301. The number of para-hydroxylation sites is 1. The third kappa shape index (κ3) is 4.56. The molecular weight excluding hydrogens is 402 g/mol. The lowest BCUT2D eigenvalue weighted by molar-refractivity contribution is 0.505. The predicted molar refractivity (Wildman–Crippen MR) is 137 cm³/mol. The fourth-order valence-electron chi connectivity index (χ4n) is 4.07. The van der Waals surface area contributed by atoms with Crippen LogP contribution < -0.4 is 4.74 Å². The highest BCUT2D eigenvalue weighted by atomic mass is 16.5. The average molecular weight is 428 g/mol. The summed E-state index contributed by atoms with van der Waals surface area (Å²) in [5.41, 5.74) is 7.62. The average Bonchev–Trinajstić information content (AvgIpc) is 2.89. The van der Waals surface area contributed by atoms with Crippen molar-refractivity contribution >= 4 is 17.0 Å². The fourth-order valence-corrected chi connectivity index (χ4v) is 4.07. The van der Waals surface area contributed by atoms with E-state index in [2.05, 4.69) is 85.8 Å². The van der Waals surface area contributed by atoms with Crippen LogP contribution in [0.5, 0.6) is 5.75 Å². The van der Waals surface area contributed by atoms with Gasteiger partial charge >= 0.3 is 0 Å². The summed E-state index contributed by atoms with van der Waals surface area (Å²) in [5.74, 6) is 1.75. The van der Waals surface area contributed by atoms with Crippen molar-refractivity contribution in [3.8, 4) is 5.75 Å². The van der Waals surface area contributed by atoms with Crippen LogP contribution in [0.3, 0.4) is 0 Å². The van der Waals surface area contributed by atoms with E-state index in [1.165, 1.54) is 5.56 Å². The zero-order chi connectivity index (χ0) is 22.5. The molecule has 5 rings (SSSR count). The Morgan fingerprint density at radius 2 is 1.33 bits per heavy atom. The first-order valence-corrected chi connectivity index (χ1v) is 11.2. The summed E-state index contributed by atoms with van der Waals surface area (Å²) in [5, 5.41) is 0. The van der Waals surface area contributed by atoms with E-state index in [9.17, 15) is 0 Å². The van der Waals surface area contributed by atoms with Crippen LogP contribution in [0.25, 0.3) is 11.3 Å². The maximum Gasteiger partial charge on any atom is 0.138 e. The number of ether oxygens (including phenoxy) is 1. The molecule has 1 aliphatic rings. The highest BCUT2D eigenvalue weighted by Crippen LogP contribution is 2.41. The van der Waals surface area contributed by atoms with E-state index < -0.39 is 0 Å². The molecule has 0 N–H and O–H groups in total. The monoisotopic (exact) mass is 427 g/mol. The van der Waals surface area contributed by atoms with Crippen LogP contribution >= 0.6 is 0 Å². The van der Waals surface area contributed by atoms with Gasteiger partial charge < -0.3 is 4.74 Å². The van der Waals surface area contributed by atoms with Gasteiger partial charge in [0.25, 0.3) is 0 Å². The van der Waals surface area contributed by atoms with Crippen molar-refractivity contribution in [3.63, 3.8) is 0 Å². The van der Waals surface area contributed by atoms with E-state index in [4.69, 9.17) is 9.73 Å². The Bertz CT molecular complexity index is 1330. The minimum Gasteiger partial charge on any atom is -0.456 e. The molecule has 0 spiro atoms. The number of benzene rings is 4. The van der Waals surface area contributed by atoms with E-state index in [1.807, 2.05) is 42.5 Å². The zero-order valence-electron chi connectivity index (χ0n) is 18.6. The highest BCUT2D eigenvalue weighted by Gasteiger charge is 2.23. The third-order valence-corrected chi connectivity index (χ3v) is 5.80. The van der Waals surface area contributed by atoms with Gasteiger partial charge in [0.2, 0.25) is 0 Å². The number of nitrogens with zero attached hydrogens (tertiary/aromatic N) is 1. The molecule has 0 saturated carbocycles. The summed E-state index contributed by atoms with van der Waals surface area (Å²) in [6.07, 6.45) is 2.21. The molecular formula is C31H25NO. The largest absolute Gasteiger partial charge is 0.456 e. The molecule has 2 heteroatoms. The Kier molecular flexibility index (Phi) is 5.99. The van der Waals surface area contributed by atoms with Crippen molar-refractivity contribution in [2.75, 3.05) is 0 Å². The number of allylic oxidation sites excluding steroid dienone is 3. The maximum atomic E-state index is 6.38. The summed E-state index contributed by atoms with van der Waals surface area (Å²) in [7, 11) is 0. The second kappa shape index (κ2) is 9.54. The minimum absolute atomic E-state index is 0.626. The maximum absolute atomic E-state index is 6.38. The topological polar surface area (TPSA) is 21.6 Å². The van der Waals surface area contributed by atoms with E-state index in [-0.39, 0.29) is 0 Å². The number of hydrogen-bond acceptors (Lipinski definition) is 2. The molecule has 0 amide bonds. The number of rotatable bonds is 5. The van der Waals surface area contributed by atoms with E-state index >= 15 is 0 Å². The Morgan fingerprint density at radius 1 is 0.727 bits per heavy atom. The van der Waals surface area contributed by atoms with Gasteiger partial charge in [0.1, 0.15) is 11.5 Å². The van der Waals surface area contributed by atoms with Gasteiger partial charge in [-0.3, -0.25) is 4.99 Å². The molecule has 1 aliphatic heterocycles. The summed E-state index contributed by atoms with van der Waals surface area (Å²) < 4.78 is 6.38. The van der Waals surface area contributed by atoms with E-state index in [0.717, 1.165) is 45.1 Å². The standard InChI is InChI=1S/C31H25NO/c1-23-28(27-19-11-12-20-30(27)33-31(23)26-17-9-4-10-18-26)21-29(25-15-7-3-8-16-25)32-22-24-13-5-2-6-14-24/h2-21H,22H2,1H3/b28-21-,32-29?. The van der Waals surface area contributed by atoms with Crippen LogP contribution in [0.4, 0.5) is 0 Å². The first-order valence-electron chi connectivity index (χ1n) is 11.2. The molecule has 0 saturated heterocycles. The predicted octanol–water partition coefficient (Wildman–Crippen LogP) is 7.58. The summed E-state index contributed by atoms with van der Waals surface area (Å²) >= 11 is 0. The second-order valence-corrected chi connectivity index (χ2v) is 8.03. The molecule has 0 radical (unpaired) electrons. The SMILES string of the molecule is CC1=C(c2ccccc2)Oc2ccccc2/C1=C\C(=NCc1ccccc1)c1ccccc1. The molecule has 33 heavy (non-hydrogen) atoms. The summed E-state index contributed by atoms with van der Waals surface area (Å²) in [6, 6.07) is 39.3. The van der Waals surface area contributed by atoms with Crippen LogP contribution in [-0.4, -0.2) is 5.71 Å². The molecule has 4 aromatic rings. The van der Waals surface area contributed by atoms with Gasteiger partial charge in [0.05, 0.1) is 12.3 Å². The molecule has 2 nitrogen and oxygen atoms in total. The van der Waals surface area contributed by atoms with Gasteiger partial charge in [0.15, 0.2) is 0 Å². The lowest BCUT2D eigenvalue weighted by Crippen LogP contribution is -2.09. The van der Waals surface area contributed by atoms with Crippen molar-refractivity contribution in [3.05, 3.63) is 149 Å². The Morgan fingerprint density at radius 3 is 2.06 bits per heavy atom. The van der Waals surface area contributed by atoms with Crippen LogP contribution in [0.15, 0.2) is 132 Å². The smallest absolute Gasteiger partial charge is 0.138 e. The highest BCUT2D eigenvalue weighted by molar-refractivity contribution is 6.14. The van der Waals surface area contributed by atoms with Gasteiger partial charge in [-0.2, -0.15) is 0 Å². The Balaban J connectivity index is 1.66.